The van der Waals surface area contributed by atoms with Crippen molar-refractivity contribution in [2.45, 2.75) is 198 Å². The van der Waals surface area contributed by atoms with Crippen molar-refractivity contribution in [2.24, 2.45) is 0 Å². The second kappa shape index (κ2) is 43.9. The SMILES string of the molecule is CC1O[SiH](C)O[SiH](C)O[Si](C)(CCCOCC2CO2)O[SiH](C)O1.CO[Si](CC[Si]1(C)O[SiH](C)O[SiH](C)O[SiH](C)O1)(OC)OC.CO[Si](CO)(CC[Si]1(C)O[SiH](C)O[Si](C)(CCCOCC2CO2)O[SiH](C)O1)OC.C[SiH]1O[SiH](C)O[Si](C)(CCCOCC2CO2)O[SiH](C)O1. The molecule has 0 aliphatic carbocycles. The number of epoxide rings is 3. The Bertz CT molecular complexity index is 1940. The molecule has 93 heavy (non-hydrogen) atoms. The number of ether oxygens (including phenoxy) is 6. The van der Waals surface area contributed by atoms with E-state index in [1.54, 1.807) is 35.5 Å². The van der Waals surface area contributed by atoms with Gasteiger partial charge in [-0.2, -0.15) is 0 Å². The van der Waals surface area contributed by atoms with Gasteiger partial charge in [0.15, 0.2) is 0 Å². The molecule has 0 bridgehead atoms. The molecule has 14 atom stereocenters. The molecular formula is C46H122O29Si18. The third-order valence-electron chi connectivity index (χ3n) is 15.5. The number of aliphatic hydroxyl groups excluding tert-OH is 1. The second-order valence-electron chi connectivity index (χ2n) is 24.8. The van der Waals surface area contributed by atoms with Crippen molar-refractivity contribution in [3.8, 4) is 0 Å². The monoisotopic (exact) mass is 1640 g/mol. The first-order valence-electron chi connectivity index (χ1n) is 33.1. The van der Waals surface area contributed by atoms with Gasteiger partial charge in [-0.1, -0.05) is 0 Å². The van der Waals surface area contributed by atoms with Gasteiger partial charge in [-0.25, -0.2) is 0 Å². The van der Waals surface area contributed by atoms with E-state index < -0.39 is 162 Å². The van der Waals surface area contributed by atoms with Gasteiger partial charge in [0.25, 0.3) is 65.0 Å². The summed E-state index contributed by atoms with van der Waals surface area (Å²) in [6.45, 7) is 41.7. The zero-order valence-corrected chi connectivity index (χ0v) is 79.9. The van der Waals surface area contributed by atoms with E-state index in [2.05, 4.69) is 58.9 Å². The quantitative estimate of drug-likeness (QED) is 0.0614. The molecule has 0 aromatic heterocycles. The van der Waals surface area contributed by atoms with Crippen LogP contribution in [0.4, 0.5) is 0 Å². The lowest BCUT2D eigenvalue weighted by Crippen LogP contribution is -2.58. The lowest BCUT2D eigenvalue weighted by atomic mass is 10.5. The predicted molar refractivity (Wildman–Crippen MR) is 392 cm³/mol. The normalized spacial score (nSPS) is 38.7. The average molecular weight is 1650 g/mol. The van der Waals surface area contributed by atoms with E-state index in [0.717, 1.165) is 69.9 Å². The van der Waals surface area contributed by atoms with Crippen molar-refractivity contribution in [2.75, 3.05) is 101 Å². The molecule has 7 rings (SSSR count). The minimum Gasteiger partial charge on any atom is -0.420 e. The highest BCUT2D eigenvalue weighted by Crippen LogP contribution is 2.32. The van der Waals surface area contributed by atoms with E-state index in [1.165, 1.54) is 0 Å². The first-order valence-corrected chi connectivity index (χ1v) is 72.9. The Morgan fingerprint density at radius 1 is 0.366 bits per heavy atom. The van der Waals surface area contributed by atoms with Gasteiger partial charge in [-0.05, 0) is 167 Å². The fourth-order valence-electron chi connectivity index (χ4n) is 10.9. The van der Waals surface area contributed by atoms with Crippen LogP contribution in [0.5, 0.6) is 0 Å². The van der Waals surface area contributed by atoms with Gasteiger partial charge in [0.05, 0.1) is 45.9 Å². The van der Waals surface area contributed by atoms with Crippen molar-refractivity contribution < 1.29 is 126 Å². The Hall–Kier alpha value is 2.74. The maximum Gasteiger partial charge on any atom is 0.500 e. The predicted octanol–water partition coefficient (Wildman–Crippen LogP) is 2.90. The summed E-state index contributed by atoms with van der Waals surface area (Å²) in [5, 5.41) is 9.72. The van der Waals surface area contributed by atoms with Gasteiger partial charge >= 0.3 is 97.3 Å². The van der Waals surface area contributed by atoms with E-state index in [1.807, 2.05) is 52.8 Å². The molecule has 7 aliphatic rings. The van der Waals surface area contributed by atoms with Crippen LogP contribution in [0.25, 0.3) is 0 Å². The van der Waals surface area contributed by atoms with E-state index in [9.17, 15) is 5.11 Å². The van der Waals surface area contributed by atoms with E-state index >= 15 is 0 Å². The largest absolute Gasteiger partial charge is 0.500 e. The third-order valence-corrected chi connectivity index (χ3v) is 78.4. The molecule has 7 saturated heterocycles. The average Bonchev–Trinajstić information content (AvgIpc) is 1.13. The summed E-state index contributed by atoms with van der Waals surface area (Å²) >= 11 is 0. The van der Waals surface area contributed by atoms with Gasteiger partial charge in [0.2, 0.25) is 0 Å². The van der Waals surface area contributed by atoms with E-state index in [4.69, 9.17) is 121 Å². The summed E-state index contributed by atoms with van der Waals surface area (Å²) in [5.41, 5.74) is 0. The molecule has 0 saturated carbocycles. The molecule has 14 unspecified atom stereocenters. The molecule has 0 aromatic rings. The molecule has 0 aromatic carbocycles. The van der Waals surface area contributed by atoms with Crippen LogP contribution in [0, 0.1) is 0 Å². The van der Waals surface area contributed by atoms with E-state index in [0.29, 0.717) is 69.5 Å². The highest BCUT2D eigenvalue weighted by molar-refractivity contribution is 6.86. The molecular weight excluding hydrogens is 1520 g/mol. The number of hydrogen-bond donors (Lipinski definition) is 1. The highest BCUT2D eigenvalue weighted by Gasteiger charge is 2.49. The van der Waals surface area contributed by atoms with Crippen LogP contribution in [-0.4, -0.2) is 293 Å². The minimum absolute atomic E-state index is 0.0859. The van der Waals surface area contributed by atoms with Crippen molar-refractivity contribution in [1.82, 2.24) is 0 Å². The topological polar surface area (TPSA) is 289 Å². The van der Waals surface area contributed by atoms with Crippen LogP contribution in [-0.2, 0) is 121 Å². The standard InChI is InChI=1S/C15H38O9Si5.C12H30O7Si4.C10H26O6Si4.C9H28O7Si5/c1-17-29(14-16,18-2)11-10-28(6)23-25(3)21-27(5,22-26(4)24-28)9-7-8-19-12-15-13-20-15;1-11-15-20(2)17-22(4)19-23(5,18-21(3)16-11)8-6-7-13-9-12-10-14-12;1-17-13-18(2)15-20(4,16-19(3)14-17)7-5-6-11-8-10-9-12-10;1-10-21(11-2,12-3)9-8-20(7)15-18(5)13-17(4)14-19(6)16-20/h15-16,25-26H,7-14H2,1-6H3;11-12,20-22H,6-10H2,1-5H3;10,17-19H,5-9H2,1-4H3;17-19H,8-9H2,1-7H3. The summed E-state index contributed by atoms with van der Waals surface area (Å²) in [7, 11) is -27.6. The lowest BCUT2D eigenvalue weighted by molar-refractivity contribution is -0.00855. The van der Waals surface area contributed by atoms with Crippen LogP contribution in [0.2, 0.25) is 147 Å². The molecule has 0 amide bonds. The zero-order valence-electron chi connectivity index (χ0n) is 60.2. The van der Waals surface area contributed by atoms with Crippen LogP contribution < -0.4 is 0 Å². The zero-order chi connectivity index (χ0) is 69.1. The Labute approximate surface area is 583 Å². The van der Waals surface area contributed by atoms with Gasteiger partial charge in [0.1, 0.15) is 24.6 Å². The Morgan fingerprint density at radius 3 is 0.925 bits per heavy atom. The van der Waals surface area contributed by atoms with Crippen LogP contribution >= 0.6 is 0 Å². The molecule has 1 N–H and O–H groups in total. The number of hydrogen-bond acceptors (Lipinski definition) is 29. The Morgan fingerprint density at radius 2 is 0.634 bits per heavy atom. The number of rotatable bonds is 30. The summed E-state index contributed by atoms with van der Waals surface area (Å²) in [5.74, 6) is 0. The summed E-state index contributed by atoms with van der Waals surface area (Å²) < 4.78 is 164. The van der Waals surface area contributed by atoms with Crippen molar-refractivity contribution in [3.63, 3.8) is 0 Å². The first kappa shape index (κ1) is 88.1. The highest BCUT2D eigenvalue weighted by atomic mass is 28.5. The van der Waals surface area contributed by atoms with Crippen LogP contribution in [0.15, 0.2) is 0 Å². The fourth-order valence-corrected chi connectivity index (χ4v) is 77.3. The molecule has 552 valence electrons. The molecule has 7 heterocycles. The van der Waals surface area contributed by atoms with E-state index in [-0.39, 0.29) is 12.5 Å². The molecule has 0 spiro atoms. The number of aliphatic hydroxyl groups is 1. The van der Waals surface area contributed by atoms with Crippen molar-refractivity contribution >= 4 is 162 Å². The van der Waals surface area contributed by atoms with Crippen LogP contribution in [0.3, 0.4) is 0 Å². The molecule has 7 aliphatic heterocycles. The Balaban J connectivity index is 0.000000267. The van der Waals surface area contributed by atoms with Gasteiger partial charge in [-0.15, -0.1) is 0 Å². The molecule has 29 nitrogen and oxygen atoms in total. The fraction of sp³-hybridized carbons (Fsp3) is 1.00. The smallest absolute Gasteiger partial charge is 0.420 e. The molecule has 47 heteroatoms. The van der Waals surface area contributed by atoms with Gasteiger partial charge in [-0.3, -0.25) is 0 Å². The maximum absolute atomic E-state index is 9.72. The van der Waals surface area contributed by atoms with Gasteiger partial charge < -0.3 is 126 Å². The summed E-state index contributed by atoms with van der Waals surface area (Å²) in [6.07, 6.45) is 3.41. The maximum atomic E-state index is 9.72. The lowest BCUT2D eigenvalue weighted by Gasteiger charge is -2.42. The van der Waals surface area contributed by atoms with Crippen LogP contribution in [0.1, 0.15) is 26.2 Å². The van der Waals surface area contributed by atoms with Crippen molar-refractivity contribution in [1.29, 1.82) is 0 Å². The summed E-state index contributed by atoms with van der Waals surface area (Å²) in [6, 6.07) is 5.45. The first-order chi connectivity index (χ1) is 43.8. The Kier molecular flexibility index (Phi) is 41.6. The molecule has 0 radical (unpaired) electrons. The summed E-state index contributed by atoms with van der Waals surface area (Å²) in [4.78, 5) is 0. The minimum atomic E-state index is -2.61. The second-order valence-corrected chi connectivity index (χ2v) is 73.1. The van der Waals surface area contributed by atoms with Crippen molar-refractivity contribution in [3.05, 3.63) is 0 Å². The third kappa shape index (κ3) is 36.8. The van der Waals surface area contributed by atoms with Gasteiger partial charge in [0, 0.05) is 61.4 Å². The molecule has 7 fully saturated rings.